The quantitative estimate of drug-likeness (QED) is 0.729. The van der Waals surface area contributed by atoms with Crippen molar-refractivity contribution in [2.45, 2.75) is 25.7 Å². The lowest BCUT2D eigenvalue weighted by Crippen LogP contribution is -2.38. The van der Waals surface area contributed by atoms with Gasteiger partial charge in [0.05, 0.1) is 6.26 Å². The summed E-state index contributed by atoms with van der Waals surface area (Å²) in [6, 6.07) is 11.3. The number of piperidine rings is 1. The number of carbonyl (C=O) groups is 1. The molecule has 1 amide bonds. The molecule has 1 saturated heterocycles. The fourth-order valence-electron chi connectivity index (χ4n) is 3.11. The lowest BCUT2D eigenvalue weighted by Gasteiger charge is -2.30. The molecule has 25 heavy (non-hydrogen) atoms. The second kappa shape index (κ2) is 6.55. The van der Waals surface area contributed by atoms with E-state index >= 15 is 0 Å². The normalized spacial score (nSPS) is 15.5. The van der Waals surface area contributed by atoms with Gasteiger partial charge in [-0.2, -0.15) is 0 Å². The Morgan fingerprint density at radius 2 is 1.88 bits per heavy atom. The van der Waals surface area contributed by atoms with E-state index in [-0.39, 0.29) is 11.8 Å². The number of hydrogen-bond donors (Lipinski definition) is 0. The summed E-state index contributed by atoms with van der Waals surface area (Å²) < 4.78 is 11.0. The second-order valence-electron chi connectivity index (χ2n) is 6.36. The highest BCUT2D eigenvalue weighted by Gasteiger charge is 2.28. The van der Waals surface area contributed by atoms with Gasteiger partial charge in [-0.25, -0.2) is 0 Å². The first-order valence-corrected chi connectivity index (χ1v) is 8.44. The van der Waals surface area contributed by atoms with Gasteiger partial charge in [0.25, 0.3) is 11.8 Å². The van der Waals surface area contributed by atoms with Gasteiger partial charge in [0.15, 0.2) is 5.76 Å². The van der Waals surface area contributed by atoms with Gasteiger partial charge in [-0.1, -0.05) is 17.7 Å². The summed E-state index contributed by atoms with van der Waals surface area (Å²) in [5.74, 6) is 1.86. The number of hydrogen-bond acceptors (Lipinski definition) is 5. The Morgan fingerprint density at radius 1 is 1.12 bits per heavy atom. The van der Waals surface area contributed by atoms with Crippen molar-refractivity contribution in [3.05, 3.63) is 59.7 Å². The number of aromatic nitrogens is 2. The number of likely N-dealkylation sites (tertiary alicyclic amines) is 1. The molecular formula is C19H19N3O3. The number of carbonyl (C=O) groups excluding carboxylic acids is 1. The second-order valence-corrected chi connectivity index (χ2v) is 6.36. The van der Waals surface area contributed by atoms with Gasteiger partial charge in [-0.15, -0.1) is 10.2 Å². The summed E-state index contributed by atoms with van der Waals surface area (Å²) in [6.45, 7) is 3.40. The van der Waals surface area contributed by atoms with Crippen LogP contribution in [0.4, 0.5) is 0 Å². The van der Waals surface area contributed by atoms with Gasteiger partial charge in [-0.05, 0) is 44.0 Å². The van der Waals surface area contributed by atoms with Gasteiger partial charge in [0.2, 0.25) is 5.89 Å². The predicted molar refractivity (Wildman–Crippen MR) is 91.1 cm³/mol. The molecule has 4 rings (SSSR count). The number of benzene rings is 1. The van der Waals surface area contributed by atoms with Crippen LogP contribution in [0.5, 0.6) is 0 Å². The smallest absolute Gasteiger partial charge is 0.283 e. The van der Waals surface area contributed by atoms with E-state index in [9.17, 15) is 4.79 Å². The molecule has 3 aromatic rings. The van der Waals surface area contributed by atoms with Gasteiger partial charge in [0.1, 0.15) is 0 Å². The minimum Gasteiger partial charge on any atom is -0.459 e. The van der Waals surface area contributed by atoms with E-state index in [1.54, 1.807) is 18.4 Å². The standard InChI is InChI=1S/C19H19N3O3/c1-13-4-6-15(7-5-13)19(23)22-10-8-14(9-11-22)17-20-21-18(25-17)16-3-2-12-24-16/h2-7,12,14H,8-11H2,1H3. The monoisotopic (exact) mass is 337 g/mol. The molecule has 1 aromatic carbocycles. The molecule has 0 saturated carbocycles. The largest absolute Gasteiger partial charge is 0.459 e. The van der Waals surface area contributed by atoms with Crippen molar-refractivity contribution in [2.24, 2.45) is 0 Å². The van der Waals surface area contributed by atoms with E-state index in [2.05, 4.69) is 10.2 Å². The Hall–Kier alpha value is -2.89. The molecule has 6 heteroatoms. The van der Waals surface area contributed by atoms with Crippen molar-refractivity contribution in [3.8, 4) is 11.7 Å². The average Bonchev–Trinajstić information content (AvgIpc) is 3.33. The first kappa shape index (κ1) is 15.6. The molecule has 0 atom stereocenters. The van der Waals surface area contributed by atoms with E-state index < -0.39 is 0 Å². The fourth-order valence-corrected chi connectivity index (χ4v) is 3.11. The molecule has 1 aliphatic heterocycles. The predicted octanol–water partition coefficient (Wildman–Crippen LogP) is 3.66. The molecule has 6 nitrogen and oxygen atoms in total. The van der Waals surface area contributed by atoms with Crippen LogP contribution in [0.3, 0.4) is 0 Å². The molecule has 0 unspecified atom stereocenters. The van der Waals surface area contributed by atoms with Crippen LogP contribution in [0.2, 0.25) is 0 Å². The van der Waals surface area contributed by atoms with Crippen LogP contribution < -0.4 is 0 Å². The molecular weight excluding hydrogens is 318 g/mol. The lowest BCUT2D eigenvalue weighted by atomic mass is 9.96. The molecule has 2 aromatic heterocycles. The van der Waals surface area contributed by atoms with E-state index in [4.69, 9.17) is 8.83 Å². The van der Waals surface area contributed by atoms with Gasteiger partial charge >= 0.3 is 0 Å². The number of aryl methyl sites for hydroxylation is 1. The summed E-state index contributed by atoms with van der Waals surface area (Å²) in [6.07, 6.45) is 3.21. The highest BCUT2D eigenvalue weighted by atomic mass is 16.4. The number of amides is 1. The Morgan fingerprint density at radius 3 is 2.56 bits per heavy atom. The molecule has 1 fully saturated rings. The van der Waals surface area contributed by atoms with Crippen molar-refractivity contribution in [1.82, 2.24) is 15.1 Å². The maximum Gasteiger partial charge on any atom is 0.283 e. The zero-order valence-electron chi connectivity index (χ0n) is 14.0. The molecule has 0 N–H and O–H groups in total. The molecule has 0 bridgehead atoms. The Bertz CT molecular complexity index is 844. The highest BCUT2D eigenvalue weighted by Crippen LogP contribution is 2.30. The summed E-state index contributed by atoms with van der Waals surface area (Å²) >= 11 is 0. The first-order chi connectivity index (χ1) is 12.2. The molecule has 0 radical (unpaired) electrons. The lowest BCUT2D eigenvalue weighted by molar-refractivity contribution is 0.0706. The molecule has 128 valence electrons. The molecule has 1 aliphatic rings. The van der Waals surface area contributed by atoms with Crippen LogP contribution in [0.1, 0.15) is 40.6 Å². The fraction of sp³-hybridized carbons (Fsp3) is 0.316. The van der Waals surface area contributed by atoms with Crippen molar-refractivity contribution >= 4 is 5.91 Å². The minimum atomic E-state index is 0.0836. The van der Waals surface area contributed by atoms with Crippen LogP contribution in [0.25, 0.3) is 11.7 Å². The zero-order valence-corrected chi connectivity index (χ0v) is 14.0. The van der Waals surface area contributed by atoms with E-state index in [1.807, 2.05) is 36.1 Å². The number of nitrogens with zero attached hydrogens (tertiary/aromatic N) is 3. The van der Waals surface area contributed by atoms with Crippen molar-refractivity contribution in [2.75, 3.05) is 13.1 Å². The average molecular weight is 337 g/mol. The molecule has 0 spiro atoms. The summed E-state index contributed by atoms with van der Waals surface area (Å²) in [7, 11) is 0. The Kier molecular flexibility index (Phi) is 4.09. The summed E-state index contributed by atoms with van der Waals surface area (Å²) in [5, 5.41) is 8.21. The highest BCUT2D eigenvalue weighted by molar-refractivity contribution is 5.94. The van der Waals surface area contributed by atoms with Crippen LogP contribution >= 0.6 is 0 Å². The van der Waals surface area contributed by atoms with Gasteiger partial charge < -0.3 is 13.7 Å². The van der Waals surface area contributed by atoms with Crippen LogP contribution in [0, 0.1) is 6.92 Å². The van der Waals surface area contributed by atoms with E-state index in [1.165, 1.54) is 0 Å². The van der Waals surface area contributed by atoms with Crippen molar-refractivity contribution < 1.29 is 13.6 Å². The minimum absolute atomic E-state index is 0.0836. The van der Waals surface area contributed by atoms with Crippen molar-refractivity contribution in [1.29, 1.82) is 0 Å². The topological polar surface area (TPSA) is 72.4 Å². The maximum absolute atomic E-state index is 12.6. The Labute approximate surface area is 145 Å². The van der Waals surface area contributed by atoms with Crippen molar-refractivity contribution in [3.63, 3.8) is 0 Å². The number of rotatable bonds is 3. The van der Waals surface area contributed by atoms with Crippen LogP contribution in [-0.4, -0.2) is 34.1 Å². The summed E-state index contributed by atoms with van der Waals surface area (Å²) in [4.78, 5) is 14.5. The third-order valence-electron chi connectivity index (χ3n) is 4.60. The van der Waals surface area contributed by atoms with E-state index in [0.717, 1.165) is 24.0 Å². The van der Waals surface area contributed by atoms with E-state index in [0.29, 0.717) is 30.6 Å². The SMILES string of the molecule is Cc1ccc(C(=O)N2CCC(c3nnc(-c4ccco4)o3)CC2)cc1. The third-order valence-corrected chi connectivity index (χ3v) is 4.60. The molecule has 3 heterocycles. The zero-order chi connectivity index (χ0) is 17.2. The van der Waals surface area contributed by atoms with Crippen LogP contribution in [-0.2, 0) is 0 Å². The van der Waals surface area contributed by atoms with Crippen LogP contribution in [0.15, 0.2) is 51.5 Å². The molecule has 0 aliphatic carbocycles. The summed E-state index contributed by atoms with van der Waals surface area (Å²) in [5.41, 5.74) is 1.89. The number of furan rings is 1. The Balaban J connectivity index is 1.40. The van der Waals surface area contributed by atoms with Gasteiger partial charge in [-0.3, -0.25) is 4.79 Å². The first-order valence-electron chi connectivity index (χ1n) is 8.44. The third kappa shape index (κ3) is 3.20. The van der Waals surface area contributed by atoms with Gasteiger partial charge in [0, 0.05) is 24.6 Å². The maximum atomic E-state index is 12.6.